The maximum absolute atomic E-state index is 10.2. The van der Waals surface area contributed by atoms with Crippen molar-refractivity contribution in [2.75, 3.05) is 0 Å². The highest BCUT2D eigenvalue weighted by Crippen LogP contribution is 1.85. The Hall–Kier alpha value is -1.32. The third kappa shape index (κ3) is 1.28. The molecule has 9 heavy (non-hydrogen) atoms. The Morgan fingerprint density at radius 3 is 3.00 bits per heavy atom. The molecule has 0 aromatic carbocycles. The number of nitrogens with zero attached hydrogens (tertiary/aromatic N) is 1. The molecule has 0 atom stereocenters. The zero-order valence-corrected chi connectivity index (χ0v) is 4.92. The van der Waals surface area contributed by atoms with Gasteiger partial charge in [0.25, 0.3) is 0 Å². The standard InChI is InChI=1S/C5H6N2O2/c1-2-3-4-6-5(8)9-7-4/h2-3H,1H3,(H,6,7,8). The van der Waals surface area contributed by atoms with Crippen LogP contribution < -0.4 is 5.76 Å². The fourth-order valence-electron chi connectivity index (χ4n) is 0.471. The number of hydrogen-bond acceptors (Lipinski definition) is 3. The number of H-pyrrole nitrogens is 1. The van der Waals surface area contributed by atoms with Crippen LogP contribution in [0.4, 0.5) is 0 Å². The lowest BCUT2D eigenvalue weighted by atomic mass is 10.5. The molecule has 4 heteroatoms. The first kappa shape index (κ1) is 5.81. The van der Waals surface area contributed by atoms with Crippen molar-refractivity contribution in [3.05, 3.63) is 22.5 Å². The van der Waals surface area contributed by atoms with Crippen LogP contribution in [-0.4, -0.2) is 10.1 Å². The van der Waals surface area contributed by atoms with Gasteiger partial charge in [-0.15, -0.1) is 0 Å². The highest BCUT2D eigenvalue weighted by molar-refractivity contribution is 5.36. The van der Waals surface area contributed by atoms with Crippen molar-refractivity contribution in [2.45, 2.75) is 6.92 Å². The number of aromatic nitrogens is 2. The Morgan fingerprint density at radius 2 is 2.56 bits per heavy atom. The van der Waals surface area contributed by atoms with E-state index in [0.717, 1.165) is 0 Å². The zero-order valence-electron chi connectivity index (χ0n) is 4.92. The van der Waals surface area contributed by atoms with Crippen LogP contribution in [-0.2, 0) is 0 Å². The van der Waals surface area contributed by atoms with Crippen LogP contribution in [0.2, 0.25) is 0 Å². The van der Waals surface area contributed by atoms with Gasteiger partial charge in [0.2, 0.25) is 0 Å². The molecule has 1 N–H and O–H groups in total. The zero-order chi connectivity index (χ0) is 6.69. The highest BCUT2D eigenvalue weighted by Gasteiger charge is 1.90. The summed E-state index contributed by atoms with van der Waals surface area (Å²) in [5, 5.41) is 3.38. The number of aromatic amines is 1. The maximum Gasteiger partial charge on any atom is 0.439 e. The van der Waals surface area contributed by atoms with Crippen LogP contribution in [0.15, 0.2) is 15.4 Å². The molecule has 1 aromatic rings. The van der Waals surface area contributed by atoms with Crippen LogP contribution in [0.3, 0.4) is 0 Å². The molecule has 0 bridgehead atoms. The van der Waals surface area contributed by atoms with Crippen molar-refractivity contribution < 1.29 is 4.52 Å². The lowest BCUT2D eigenvalue weighted by Crippen LogP contribution is -1.94. The summed E-state index contributed by atoms with van der Waals surface area (Å²) in [4.78, 5) is 12.6. The van der Waals surface area contributed by atoms with Crippen LogP contribution in [0.25, 0.3) is 6.08 Å². The fourth-order valence-corrected chi connectivity index (χ4v) is 0.471. The summed E-state index contributed by atoms with van der Waals surface area (Å²) >= 11 is 0. The Labute approximate surface area is 51.2 Å². The smallest absolute Gasteiger partial charge is 0.296 e. The molecule has 0 aliphatic carbocycles. The van der Waals surface area contributed by atoms with Gasteiger partial charge in [-0.2, -0.15) is 0 Å². The number of nitrogens with one attached hydrogen (secondary N) is 1. The minimum atomic E-state index is -0.525. The lowest BCUT2D eigenvalue weighted by molar-refractivity contribution is 0.385. The fraction of sp³-hybridized carbons (Fsp3) is 0.200. The summed E-state index contributed by atoms with van der Waals surface area (Å²) in [6.07, 6.45) is 3.40. The minimum Gasteiger partial charge on any atom is -0.296 e. The molecule has 1 heterocycles. The molecule has 0 saturated carbocycles. The Balaban J connectivity index is 2.98. The predicted octanol–water partition coefficient (Wildman–Crippen LogP) is 0.396. The van der Waals surface area contributed by atoms with Gasteiger partial charge in [0, 0.05) is 0 Å². The minimum absolute atomic E-state index is 0.447. The van der Waals surface area contributed by atoms with Gasteiger partial charge in [-0.05, 0) is 13.0 Å². The first-order chi connectivity index (χ1) is 4.33. The van der Waals surface area contributed by atoms with Gasteiger partial charge in [0.15, 0.2) is 5.82 Å². The van der Waals surface area contributed by atoms with E-state index in [1.54, 1.807) is 12.2 Å². The molecule has 0 aliphatic rings. The van der Waals surface area contributed by atoms with E-state index in [1.165, 1.54) is 0 Å². The first-order valence-corrected chi connectivity index (χ1v) is 2.51. The van der Waals surface area contributed by atoms with Gasteiger partial charge in [-0.1, -0.05) is 11.2 Å². The van der Waals surface area contributed by atoms with E-state index in [1.807, 2.05) is 6.92 Å². The van der Waals surface area contributed by atoms with E-state index in [9.17, 15) is 4.79 Å². The molecule has 0 aliphatic heterocycles. The van der Waals surface area contributed by atoms with Crippen molar-refractivity contribution in [1.82, 2.24) is 10.1 Å². The summed E-state index contributed by atoms with van der Waals surface area (Å²) in [5.74, 6) is -0.0781. The molecule has 0 fully saturated rings. The van der Waals surface area contributed by atoms with Crippen molar-refractivity contribution >= 4 is 6.08 Å². The van der Waals surface area contributed by atoms with Gasteiger partial charge in [0.05, 0.1) is 0 Å². The van der Waals surface area contributed by atoms with E-state index in [-0.39, 0.29) is 0 Å². The average Bonchev–Trinajstić information content (AvgIpc) is 2.17. The molecule has 4 nitrogen and oxygen atoms in total. The predicted molar refractivity (Wildman–Crippen MR) is 31.8 cm³/mol. The second-order valence-electron chi connectivity index (χ2n) is 1.48. The topological polar surface area (TPSA) is 58.9 Å². The molecule has 1 rings (SSSR count). The second-order valence-corrected chi connectivity index (χ2v) is 1.48. The first-order valence-electron chi connectivity index (χ1n) is 2.51. The van der Waals surface area contributed by atoms with E-state index in [4.69, 9.17) is 0 Å². The summed E-state index contributed by atoms with van der Waals surface area (Å²) in [7, 11) is 0. The van der Waals surface area contributed by atoms with Crippen molar-refractivity contribution in [3.8, 4) is 0 Å². The molecule has 0 amide bonds. The quantitative estimate of drug-likeness (QED) is 0.592. The van der Waals surface area contributed by atoms with Crippen molar-refractivity contribution in [3.63, 3.8) is 0 Å². The summed E-state index contributed by atoms with van der Waals surface area (Å²) in [5.41, 5.74) is 0. The van der Waals surface area contributed by atoms with Crippen molar-refractivity contribution in [1.29, 1.82) is 0 Å². The van der Waals surface area contributed by atoms with E-state index < -0.39 is 5.76 Å². The van der Waals surface area contributed by atoms with Gasteiger partial charge in [-0.25, -0.2) is 4.79 Å². The van der Waals surface area contributed by atoms with Crippen LogP contribution in [0.5, 0.6) is 0 Å². The Kier molecular flexibility index (Phi) is 1.48. The van der Waals surface area contributed by atoms with E-state index in [0.29, 0.717) is 5.82 Å². The largest absolute Gasteiger partial charge is 0.439 e. The maximum atomic E-state index is 10.2. The summed E-state index contributed by atoms with van der Waals surface area (Å²) in [6.45, 7) is 1.83. The molecule has 48 valence electrons. The third-order valence-corrected chi connectivity index (χ3v) is 0.782. The van der Waals surface area contributed by atoms with Crippen LogP contribution in [0, 0.1) is 0 Å². The van der Waals surface area contributed by atoms with Gasteiger partial charge in [-0.3, -0.25) is 9.51 Å². The number of allylic oxidation sites excluding steroid dienone is 1. The summed E-state index contributed by atoms with van der Waals surface area (Å²) in [6, 6.07) is 0. The second kappa shape index (κ2) is 2.30. The molecular formula is C5H6N2O2. The SMILES string of the molecule is CC=Cc1noc(=O)[nH]1. The molecule has 1 aromatic heterocycles. The van der Waals surface area contributed by atoms with Crippen molar-refractivity contribution in [2.24, 2.45) is 0 Å². The lowest BCUT2D eigenvalue weighted by Gasteiger charge is -1.71. The highest BCUT2D eigenvalue weighted by atomic mass is 16.5. The summed E-state index contributed by atoms with van der Waals surface area (Å²) < 4.78 is 4.20. The normalized spacial score (nSPS) is 10.8. The monoisotopic (exact) mass is 126 g/mol. The van der Waals surface area contributed by atoms with E-state index in [2.05, 4.69) is 14.7 Å². The molecule has 0 saturated heterocycles. The molecule has 0 spiro atoms. The molecule has 0 unspecified atom stereocenters. The van der Waals surface area contributed by atoms with Crippen LogP contribution in [0.1, 0.15) is 12.7 Å². The molecule has 0 radical (unpaired) electrons. The number of hydrogen-bond donors (Lipinski definition) is 1. The van der Waals surface area contributed by atoms with Gasteiger partial charge >= 0.3 is 5.76 Å². The van der Waals surface area contributed by atoms with Gasteiger partial charge in [0.1, 0.15) is 0 Å². The Morgan fingerprint density at radius 1 is 1.78 bits per heavy atom. The average molecular weight is 126 g/mol. The van der Waals surface area contributed by atoms with Crippen LogP contribution >= 0.6 is 0 Å². The molecular weight excluding hydrogens is 120 g/mol. The third-order valence-electron chi connectivity index (χ3n) is 0.782. The van der Waals surface area contributed by atoms with E-state index >= 15 is 0 Å². The number of rotatable bonds is 1. The van der Waals surface area contributed by atoms with Gasteiger partial charge < -0.3 is 0 Å². The Bertz CT molecular complexity index is 258.